The van der Waals surface area contributed by atoms with Crippen molar-refractivity contribution in [2.45, 2.75) is 25.6 Å². The SMILES string of the molecule is [B]C(CC)CCO. The highest BCUT2D eigenvalue weighted by molar-refractivity contribution is 6.11. The first-order valence-corrected chi connectivity index (χ1v) is 2.67. The molecule has 0 rings (SSSR count). The van der Waals surface area contributed by atoms with E-state index in [1.165, 1.54) is 0 Å². The predicted molar refractivity (Wildman–Crippen MR) is 31.5 cm³/mol. The molecule has 40 valence electrons. The van der Waals surface area contributed by atoms with Crippen molar-refractivity contribution in [1.29, 1.82) is 0 Å². The zero-order chi connectivity index (χ0) is 5.70. The molecule has 0 aromatic rings. The molecule has 7 heavy (non-hydrogen) atoms. The van der Waals surface area contributed by atoms with Gasteiger partial charge >= 0.3 is 0 Å². The minimum Gasteiger partial charge on any atom is -0.396 e. The van der Waals surface area contributed by atoms with Gasteiger partial charge in [0.05, 0.1) is 7.85 Å². The molecule has 0 spiro atoms. The number of aliphatic hydroxyl groups is 1. The number of hydrogen-bond donors (Lipinski definition) is 1. The van der Waals surface area contributed by atoms with Crippen molar-refractivity contribution in [2.75, 3.05) is 6.61 Å². The average Bonchev–Trinajstić information content (AvgIpc) is 1.68. The summed E-state index contributed by atoms with van der Waals surface area (Å²) in [6, 6.07) is 0. The predicted octanol–water partition coefficient (Wildman–Crippen LogP) is 0.736. The van der Waals surface area contributed by atoms with Crippen LogP contribution >= 0.6 is 0 Å². The Labute approximate surface area is 46.1 Å². The Bertz CT molecular complexity index is 39.1. The summed E-state index contributed by atoms with van der Waals surface area (Å²) in [6.07, 6.45) is 1.69. The van der Waals surface area contributed by atoms with Crippen LogP contribution in [-0.4, -0.2) is 19.6 Å². The van der Waals surface area contributed by atoms with Crippen molar-refractivity contribution in [1.82, 2.24) is 0 Å². The summed E-state index contributed by atoms with van der Waals surface area (Å²) in [4.78, 5) is 0. The maximum atomic E-state index is 8.29. The molecule has 0 amide bonds. The monoisotopic (exact) mass is 98.1 g/mol. The van der Waals surface area contributed by atoms with Crippen LogP contribution in [0.3, 0.4) is 0 Å². The van der Waals surface area contributed by atoms with Gasteiger partial charge in [0.15, 0.2) is 0 Å². The second-order valence-electron chi connectivity index (χ2n) is 1.68. The summed E-state index contributed by atoms with van der Waals surface area (Å²) in [5.41, 5.74) is 0. The lowest BCUT2D eigenvalue weighted by Gasteiger charge is -2.02. The topological polar surface area (TPSA) is 20.2 Å². The Hall–Kier alpha value is 0.0249. The van der Waals surface area contributed by atoms with E-state index in [-0.39, 0.29) is 12.4 Å². The molecule has 0 aromatic carbocycles. The molecule has 0 fully saturated rings. The van der Waals surface area contributed by atoms with Gasteiger partial charge in [0.2, 0.25) is 0 Å². The van der Waals surface area contributed by atoms with Gasteiger partial charge < -0.3 is 5.11 Å². The van der Waals surface area contributed by atoms with Crippen LogP contribution in [0, 0.1) is 0 Å². The van der Waals surface area contributed by atoms with Crippen LogP contribution in [0.2, 0.25) is 5.82 Å². The minimum absolute atomic E-state index is 0.199. The fourth-order valence-corrected chi connectivity index (χ4v) is 0.370. The molecule has 0 heterocycles. The van der Waals surface area contributed by atoms with Gasteiger partial charge in [-0.2, -0.15) is 0 Å². The smallest absolute Gasteiger partial charge is 0.0700 e. The number of hydrogen-bond acceptors (Lipinski definition) is 1. The lowest BCUT2D eigenvalue weighted by molar-refractivity contribution is 0.284. The molecule has 1 nitrogen and oxygen atoms in total. The molecule has 0 aliphatic carbocycles. The third-order valence-corrected chi connectivity index (χ3v) is 1.02. The molecule has 1 atom stereocenters. The van der Waals surface area contributed by atoms with Gasteiger partial charge in [-0.15, -0.1) is 0 Å². The van der Waals surface area contributed by atoms with Gasteiger partial charge in [-0.3, -0.25) is 0 Å². The molecule has 0 aromatic heterocycles. The van der Waals surface area contributed by atoms with Crippen molar-refractivity contribution in [2.24, 2.45) is 0 Å². The Morgan fingerprint density at radius 1 is 1.71 bits per heavy atom. The van der Waals surface area contributed by atoms with Gasteiger partial charge in [0.25, 0.3) is 0 Å². The van der Waals surface area contributed by atoms with Crippen LogP contribution in [0.5, 0.6) is 0 Å². The van der Waals surface area contributed by atoms with Crippen LogP contribution in [0.4, 0.5) is 0 Å². The van der Waals surface area contributed by atoms with E-state index in [9.17, 15) is 0 Å². The molecule has 0 aliphatic heterocycles. The molecular formula is C5H11BO. The van der Waals surface area contributed by atoms with E-state index in [0.29, 0.717) is 0 Å². The molecule has 0 saturated carbocycles. The third kappa shape index (κ3) is 3.87. The van der Waals surface area contributed by atoms with E-state index in [4.69, 9.17) is 13.0 Å². The van der Waals surface area contributed by atoms with Crippen molar-refractivity contribution in [3.8, 4) is 0 Å². The largest absolute Gasteiger partial charge is 0.396 e. The number of rotatable bonds is 3. The van der Waals surface area contributed by atoms with E-state index in [1.807, 2.05) is 6.92 Å². The Morgan fingerprint density at radius 3 is 2.43 bits per heavy atom. The van der Waals surface area contributed by atoms with Crippen molar-refractivity contribution >= 4 is 7.85 Å². The lowest BCUT2D eigenvalue weighted by Crippen LogP contribution is -1.92. The van der Waals surface area contributed by atoms with Crippen LogP contribution in [0.1, 0.15) is 19.8 Å². The van der Waals surface area contributed by atoms with E-state index >= 15 is 0 Å². The van der Waals surface area contributed by atoms with Crippen LogP contribution in [0.15, 0.2) is 0 Å². The normalized spacial score (nSPS) is 14.0. The molecule has 0 saturated heterocycles. The zero-order valence-electron chi connectivity index (χ0n) is 4.72. The van der Waals surface area contributed by atoms with E-state index in [0.717, 1.165) is 12.8 Å². The van der Waals surface area contributed by atoms with E-state index in [2.05, 4.69) is 0 Å². The molecule has 1 unspecified atom stereocenters. The van der Waals surface area contributed by atoms with Crippen LogP contribution in [-0.2, 0) is 0 Å². The van der Waals surface area contributed by atoms with Gasteiger partial charge in [-0.05, 0) is 6.42 Å². The lowest BCUT2D eigenvalue weighted by atomic mass is 9.83. The Balaban J connectivity index is 2.83. The van der Waals surface area contributed by atoms with Gasteiger partial charge in [0, 0.05) is 6.61 Å². The highest BCUT2D eigenvalue weighted by Gasteiger charge is 1.93. The summed E-state index contributed by atoms with van der Waals surface area (Å²) >= 11 is 0. The molecule has 2 heteroatoms. The van der Waals surface area contributed by atoms with E-state index < -0.39 is 0 Å². The van der Waals surface area contributed by atoms with Gasteiger partial charge in [-0.25, -0.2) is 0 Å². The maximum absolute atomic E-state index is 8.29. The zero-order valence-corrected chi connectivity index (χ0v) is 4.72. The van der Waals surface area contributed by atoms with Crippen molar-refractivity contribution in [3.05, 3.63) is 0 Å². The first kappa shape index (κ1) is 7.02. The standard InChI is InChI=1S/C5H11BO/c1-2-5(6)3-4-7/h5,7H,2-4H2,1H3. The highest BCUT2D eigenvalue weighted by Crippen LogP contribution is 2.07. The fourth-order valence-electron chi connectivity index (χ4n) is 0.370. The second kappa shape index (κ2) is 4.19. The second-order valence-corrected chi connectivity index (χ2v) is 1.68. The van der Waals surface area contributed by atoms with Gasteiger partial charge in [-0.1, -0.05) is 19.2 Å². The maximum Gasteiger partial charge on any atom is 0.0700 e. The minimum atomic E-state index is 0.199. The summed E-state index contributed by atoms with van der Waals surface area (Å²) < 4.78 is 0. The summed E-state index contributed by atoms with van der Waals surface area (Å²) in [7, 11) is 5.42. The quantitative estimate of drug-likeness (QED) is 0.516. The average molecular weight is 98.0 g/mol. The van der Waals surface area contributed by atoms with Crippen LogP contribution < -0.4 is 0 Å². The molecule has 2 radical (unpaired) electrons. The molecular weight excluding hydrogens is 86.9 g/mol. The summed E-state index contributed by atoms with van der Waals surface area (Å²) in [5, 5.41) is 8.29. The molecule has 0 bridgehead atoms. The first-order chi connectivity index (χ1) is 3.31. The molecule has 0 aliphatic rings. The van der Waals surface area contributed by atoms with Crippen LogP contribution in [0.25, 0.3) is 0 Å². The summed E-state index contributed by atoms with van der Waals surface area (Å²) in [5.74, 6) is 0.199. The third-order valence-electron chi connectivity index (χ3n) is 1.02. The Kier molecular flexibility index (Phi) is 4.21. The fraction of sp³-hybridized carbons (Fsp3) is 1.00. The first-order valence-electron chi connectivity index (χ1n) is 2.67. The highest BCUT2D eigenvalue weighted by atomic mass is 16.2. The van der Waals surface area contributed by atoms with Gasteiger partial charge in [0.1, 0.15) is 0 Å². The number of aliphatic hydroxyl groups excluding tert-OH is 1. The van der Waals surface area contributed by atoms with Crippen molar-refractivity contribution in [3.63, 3.8) is 0 Å². The summed E-state index contributed by atoms with van der Waals surface area (Å²) in [6.45, 7) is 2.23. The van der Waals surface area contributed by atoms with E-state index in [1.54, 1.807) is 0 Å². The molecule has 1 N–H and O–H groups in total. The van der Waals surface area contributed by atoms with Crippen molar-refractivity contribution < 1.29 is 5.11 Å². The Morgan fingerprint density at radius 2 is 2.29 bits per heavy atom.